The van der Waals surface area contributed by atoms with Crippen LogP contribution in [0.15, 0.2) is 35.7 Å². The molecule has 1 saturated carbocycles. The summed E-state index contributed by atoms with van der Waals surface area (Å²) < 4.78 is 10.7. The molecule has 2 heterocycles. The van der Waals surface area contributed by atoms with E-state index in [1.54, 1.807) is 32.4 Å². The molecule has 4 rings (SSSR count). The zero-order chi connectivity index (χ0) is 19.0. The van der Waals surface area contributed by atoms with E-state index in [9.17, 15) is 9.59 Å². The summed E-state index contributed by atoms with van der Waals surface area (Å²) in [6, 6.07) is 9.33. The highest BCUT2D eigenvalue weighted by Crippen LogP contribution is 2.40. The number of nitrogens with one attached hydrogen (secondary N) is 1. The standard InChI is InChI=1S/C20H22N2O4S/c1-25-16-6-3-5-14(18(16)26-2)20(24)22-11-12-9-13(22)10-15(12)21-19(23)17-7-4-8-27-17/h3-8,12-13,15H,9-11H2,1-2H3,(H,21,23)/t12-,13-,15-/m0/s1. The molecule has 2 amide bonds. The van der Waals surface area contributed by atoms with Crippen LogP contribution in [0.1, 0.15) is 32.9 Å². The number of carbonyl (C=O) groups excluding carboxylic acids is 2. The number of likely N-dealkylation sites (tertiary alicyclic amines) is 1. The second-order valence-electron chi connectivity index (χ2n) is 6.94. The Labute approximate surface area is 162 Å². The first-order valence-electron chi connectivity index (χ1n) is 8.98. The Morgan fingerprint density at radius 2 is 2.00 bits per heavy atom. The summed E-state index contributed by atoms with van der Waals surface area (Å²) in [6.07, 6.45) is 1.72. The minimum Gasteiger partial charge on any atom is -0.493 e. The quantitative estimate of drug-likeness (QED) is 0.858. The van der Waals surface area contributed by atoms with E-state index in [1.807, 2.05) is 22.4 Å². The van der Waals surface area contributed by atoms with Gasteiger partial charge in [-0.3, -0.25) is 9.59 Å². The summed E-state index contributed by atoms with van der Waals surface area (Å²) in [7, 11) is 3.10. The summed E-state index contributed by atoms with van der Waals surface area (Å²) in [6.45, 7) is 0.652. The van der Waals surface area contributed by atoms with E-state index in [1.165, 1.54) is 11.3 Å². The lowest BCUT2D eigenvalue weighted by atomic mass is 10.0. The number of fused-ring (bicyclic) bond motifs is 2. The Balaban J connectivity index is 1.45. The van der Waals surface area contributed by atoms with E-state index in [0.29, 0.717) is 29.5 Å². The van der Waals surface area contributed by atoms with E-state index in [2.05, 4.69) is 5.32 Å². The van der Waals surface area contributed by atoms with Gasteiger partial charge in [0.2, 0.25) is 0 Å². The van der Waals surface area contributed by atoms with Crippen molar-refractivity contribution in [2.75, 3.05) is 20.8 Å². The Kier molecular flexibility index (Phi) is 4.78. The number of hydrogen-bond donors (Lipinski definition) is 1. The minimum atomic E-state index is -0.0405. The topological polar surface area (TPSA) is 67.9 Å². The van der Waals surface area contributed by atoms with Gasteiger partial charge in [0.15, 0.2) is 11.5 Å². The van der Waals surface area contributed by atoms with Crippen molar-refractivity contribution in [3.63, 3.8) is 0 Å². The summed E-state index contributed by atoms with van der Waals surface area (Å²) in [4.78, 5) is 28.1. The second-order valence-corrected chi connectivity index (χ2v) is 7.89. The van der Waals surface area contributed by atoms with Crippen LogP contribution in [0, 0.1) is 5.92 Å². The van der Waals surface area contributed by atoms with Gasteiger partial charge in [0.05, 0.1) is 24.7 Å². The molecule has 2 fully saturated rings. The van der Waals surface area contributed by atoms with Crippen molar-refractivity contribution in [1.82, 2.24) is 10.2 Å². The first kappa shape index (κ1) is 17.9. The fraction of sp³-hybridized carbons (Fsp3) is 0.400. The van der Waals surface area contributed by atoms with Crippen LogP contribution in [0.25, 0.3) is 0 Å². The molecule has 1 saturated heterocycles. The van der Waals surface area contributed by atoms with Crippen LogP contribution in [0.3, 0.4) is 0 Å². The predicted octanol–water partition coefficient (Wildman–Crippen LogP) is 2.80. The molecule has 1 aliphatic heterocycles. The van der Waals surface area contributed by atoms with Gasteiger partial charge < -0.3 is 19.7 Å². The van der Waals surface area contributed by atoms with E-state index in [4.69, 9.17) is 9.47 Å². The van der Waals surface area contributed by atoms with E-state index in [-0.39, 0.29) is 23.9 Å². The van der Waals surface area contributed by atoms with Crippen molar-refractivity contribution < 1.29 is 19.1 Å². The van der Waals surface area contributed by atoms with E-state index in [0.717, 1.165) is 17.7 Å². The average Bonchev–Trinajstić information content (AvgIpc) is 3.43. The lowest BCUT2D eigenvalue weighted by Crippen LogP contribution is -2.47. The highest BCUT2D eigenvalue weighted by atomic mass is 32.1. The third kappa shape index (κ3) is 3.16. The normalized spacial score (nSPS) is 23.3. The van der Waals surface area contributed by atoms with Gasteiger partial charge in [-0.1, -0.05) is 12.1 Å². The molecule has 3 atom stereocenters. The molecule has 0 unspecified atom stereocenters. The average molecular weight is 386 g/mol. The molecule has 1 N–H and O–H groups in total. The zero-order valence-electron chi connectivity index (χ0n) is 15.3. The number of methoxy groups -OCH3 is 2. The molecule has 6 nitrogen and oxygen atoms in total. The maximum atomic E-state index is 13.1. The molecule has 0 spiro atoms. The molecule has 2 aromatic rings. The third-order valence-electron chi connectivity index (χ3n) is 5.50. The van der Waals surface area contributed by atoms with Crippen LogP contribution in [-0.2, 0) is 0 Å². The lowest BCUT2D eigenvalue weighted by Gasteiger charge is -2.32. The van der Waals surface area contributed by atoms with E-state index >= 15 is 0 Å². The maximum Gasteiger partial charge on any atom is 0.261 e. The van der Waals surface area contributed by atoms with Gasteiger partial charge in [-0.2, -0.15) is 0 Å². The fourth-order valence-corrected chi connectivity index (χ4v) is 4.86. The van der Waals surface area contributed by atoms with Gasteiger partial charge in [0, 0.05) is 18.6 Å². The van der Waals surface area contributed by atoms with Crippen LogP contribution in [0.4, 0.5) is 0 Å². The van der Waals surface area contributed by atoms with Crippen molar-refractivity contribution in [2.24, 2.45) is 5.92 Å². The Morgan fingerprint density at radius 3 is 2.63 bits per heavy atom. The van der Waals surface area contributed by atoms with E-state index < -0.39 is 0 Å². The molecule has 2 bridgehead atoms. The SMILES string of the molecule is COc1cccc(C(=O)N2C[C@@H]3C[C@H]2C[C@@H]3NC(=O)c2cccs2)c1OC. The smallest absolute Gasteiger partial charge is 0.261 e. The maximum absolute atomic E-state index is 13.1. The lowest BCUT2D eigenvalue weighted by molar-refractivity contribution is 0.0676. The Morgan fingerprint density at radius 1 is 1.15 bits per heavy atom. The molecule has 7 heteroatoms. The molecular formula is C20H22N2O4S. The summed E-state index contributed by atoms with van der Waals surface area (Å²) in [5, 5.41) is 5.04. The number of piperidine rings is 1. The summed E-state index contributed by atoms with van der Waals surface area (Å²) >= 11 is 1.44. The third-order valence-corrected chi connectivity index (χ3v) is 6.37. The predicted molar refractivity (Wildman–Crippen MR) is 103 cm³/mol. The van der Waals surface area contributed by atoms with Crippen LogP contribution < -0.4 is 14.8 Å². The number of carbonyl (C=O) groups is 2. The first-order chi connectivity index (χ1) is 13.1. The molecule has 142 valence electrons. The molecule has 0 radical (unpaired) electrons. The van der Waals surface area contributed by atoms with Gasteiger partial charge in [0.1, 0.15) is 0 Å². The highest BCUT2D eigenvalue weighted by Gasteiger charge is 2.47. The van der Waals surface area contributed by atoms with Gasteiger partial charge in [-0.25, -0.2) is 0 Å². The first-order valence-corrected chi connectivity index (χ1v) is 9.86. The van der Waals surface area contributed by atoms with Crippen molar-refractivity contribution >= 4 is 23.2 Å². The van der Waals surface area contributed by atoms with Crippen molar-refractivity contribution in [1.29, 1.82) is 0 Å². The molecule has 1 aromatic carbocycles. The van der Waals surface area contributed by atoms with Gasteiger partial charge >= 0.3 is 0 Å². The fourth-order valence-electron chi connectivity index (χ4n) is 4.24. The second kappa shape index (κ2) is 7.23. The number of benzene rings is 1. The molecule has 27 heavy (non-hydrogen) atoms. The Bertz CT molecular complexity index is 852. The van der Waals surface area contributed by atoms with Gasteiger partial charge in [0.25, 0.3) is 11.8 Å². The largest absolute Gasteiger partial charge is 0.493 e. The van der Waals surface area contributed by atoms with Crippen LogP contribution >= 0.6 is 11.3 Å². The highest BCUT2D eigenvalue weighted by molar-refractivity contribution is 7.12. The number of hydrogen-bond acceptors (Lipinski definition) is 5. The number of nitrogens with zero attached hydrogens (tertiary/aromatic N) is 1. The molecule has 2 aliphatic rings. The number of amides is 2. The van der Waals surface area contributed by atoms with Crippen LogP contribution in [-0.4, -0.2) is 49.6 Å². The monoisotopic (exact) mass is 386 g/mol. The van der Waals surface area contributed by atoms with Crippen molar-refractivity contribution in [3.05, 3.63) is 46.2 Å². The van der Waals surface area contributed by atoms with Crippen molar-refractivity contribution in [2.45, 2.75) is 24.9 Å². The molecule has 1 aromatic heterocycles. The molecule has 1 aliphatic carbocycles. The number of para-hydroxylation sites is 1. The number of rotatable bonds is 5. The van der Waals surface area contributed by atoms with Crippen LogP contribution in [0.2, 0.25) is 0 Å². The number of thiophene rings is 1. The zero-order valence-corrected chi connectivity index (χ0v) is 16.1. The Hall–Kier alpha value is -2.54. The number of ether oxygens (including phenoxy) is 2. The summed E-state index contributed by atoms with van der Waals surface area (Å²) in [5.41, 5.74) is 0.517. The summed E-state index contributed by atoms with van der Waals surface area (Å²) in [5.74, 6) is 1.25. The van der Waals surface area contributed by atoms with Crippen LogP contribution in [0.5, 0.6) is 11.5 Å². The van der Waals surface area contributed by atoms with Gasteiger partial charge in [-0.15, -0.1) is 11.3 Å². The van der Waals surface area contributed by atoms with Crippen molar-refractivity contribution in [3.8, 4) is 11.5 Å². The van der Waals surface area contributed by atoms with Gasteiger partial charge in [-0.05, 0) is 42.3 Å². The molecular weight excluding hydrogens is 364 g/mol. The minimum absolute atomic E-state index is 0.0186.